The molecule has 1 N–H and O–H groups in total. The summed E-state index contributed by atoms with van der Waals surface area (Å²) in [5, 5.41) is 4.96. The van der Waals surface area contributed by atoms with Crippen LogP contribution in [-0.4, -0.2) is 17.6 Å². The second-order valence-corrected chi connectivity index (χ2v) is 6.36. The number of para-hydroxylation sites is 1. The first-order valence-corrected chi connectivity index (χ1v) is 7.79. The van der Waals surface area contributed by atoms with Gasteiger partial charge in [-0.25, -0.2) is 0 Å². The molecule has 2 heteroatoms. The van der Waals surface area contributed by atoms with Crippen molar-refractivity contribution in [2.24, 2.45) is 5.41 Å². The fourth-order valence-corrected chi connectivity index (χ4v) is 2.86. The van der Waals surface area contributed by atoms with Gasteiger partial charge >= 0.3 is 0 Å². The van der Waals surface area contributed by atoms with Crippen LogP contribution in [0.1, 0.15) is 38.8 Å². The Hall–Kier alpha value is -1.41. The highest BCUT2D eigenvalue weighted by Crippen LogP contribution is 2.48. The van der Waals surface area contributed by atoms with Crippen LogP contribution >= 0.6 is 0 Å². The number of pyridine rings is 1. The second kappa shape index (κ2) is 5.53. The van der Waals surface area contributed by atoms with E-state index in [-0.39, 0.29) is 0 Å². The van der Waals surface area contributed by atoms with Gasteiger partial charge in [0.05, 0.1) is 5.52 Å². The van der Waals surface area contributed by atoms with Gasteiger partial charge in [-0.1, -0.05) is 38.1 Å². The molecule has 0 bridgehead atoms. The van der Waals surface area contributed by atoms with Gasteiger partial charge in [-0.15, -0.1) is 0 Å². The van der Waals surface area contributed by atoms with Crippen LogP contribution in [0.5, 0.6) is 0 Å². The van der Waals surface area contributed by atoms with E-state index < -0.39 is 0 Å². The molecule has 106 valence electrons. The van der Waals surface area contributed by atoms with E-state index in [9.17, 15) is 0 Å². The van der Waals surface area contributed by atoms with Gasteiger partial charge in [0, 0.05) is 23.5 Å². The molecule has 1 aromatic carbocycles. The van der Waals surface area contributed by atoms with Crippen molar-refractivity contribution >= 4 is 10.9 Å². The van der Waals surface area contributed by atoms with Crippen LogP contribution in [0.15, 0.2) is 36.4 Å². The Labute approximate surface area is 121 Å². The summed E-state index contributed by atoms with van der Waals surface area (Å²) in [6.07, 6.45) is 4.93. The second-order valence-electron chi connectivity index (χ2n) is 6.36. The number of nitrogens with zero attached hydrogens (tertiary/aromatic N) is 1. The molecule has 3 rings (SSSR count). The van der Waals surface area contributed by atoms with E-state index in [2.05, 4.69) is 55.6 Å². The first-order chi connectivity index (χ1) is 9.71. The molecule has 0 radical (unpaired) electrons. The molecule has 20 heavy (non-hydrogen) atoms. The van der Waals surface area contributed by atoms with E-state index in [0.29, 0.717) is 11.5 Å². The molecule has 1 heterocycles. The maximum atomic E-state index is 4.82. The van der Waals surface area contributed by atoms with Gasteiger partial charge in [-0.05, 0) is 43.4 Å². The molecule has 1 unspecified atom stereocenters. The molecule has 2 aromatic rings. The van der Waals surface area contributed by atoms with E-state index in [1.807, 2.05) is 0 Å². The molecular weight excluding hydrogens is 244 g/mol. The fraction of sp³-hybridized carbons (Fsp3) is 0.500. The summed E-state index contributed by atoms with van der Waals surface area (Å²) in [5.41, 5.74) is 2.81. The maximum Gasteiger partial charge on any atom is 0.0705 e. The van der Waals surface area contributed by atoms with Crippen molar-refractivity contribution < 1.29 is 0 Å². The van der Waals surface area contributed by atoms with Crippen LogP contribution in [-0.2, 0) is 6.42 Å². The largest absolute Gasteiger partial charge is 0.313 e. The predicted octanol–water partition coefficient (Wildman–Crippen LogP) is 3.95. The van der Waals surface area contributed by atoms with Gasteiger partial charge < -0.3 is 5.32 Å². The summed E-state index contributed by atoms with van der Waals surface area (Å²) in [7, 11) is 0. The molecule has 0 spiro atoms. The lowest BCUT2D eigenvalue weighted by molar-refractivity contribution is 0.352. The van der Waals surface area contributed by atoms with E-state index >= 15 is 0 Å². The summed E-state index contributed by atoms with van der Waals surface area (Å²) < 4.78 is 0. The Morgan fingerprint density at radius 2 is 2.00 bits per heavy atom. The number of hydrogen-bond donors (Lipinski definition) is 1. The summed E-state index contributed by atoms with van der Waals surface area (Å²) in [5.74, 6) is 0. The standard InChI is InChI=1S/C18H24N2/c1-3-12-19-17(18(2)10-11-18)13-15-9-8-14-6-4-5-7-16(14)20-15/h4-9,17,19H,3,10-13H2,1-2H3. The monoisotopic (exact) mass is 268 g/mol. The minimum atomic E-state index is 0.489. The Morgan fingerprint density at radius 3 is 2.75 bits per heavy atom. The van der Waals surface area contributed by atoms with Gasteiger partial charge in [0.1, 0.15) is 0 Å². The third-order valence-corrected chi connectivity index (χ3v) is 4.59. The molecule has 2 nitrogen and oxygen atoms in total. The number of fused-ring (bicyclic) bond motifs is 1. The highest BCUT2D eigenvalue weighted by atomic mass is 14.9. The molecule has 1 fully saturated rings. The van der Waals surface area contributed by atoms with Crippen molar-refractivity contribution in [2.75, 3.05) is 6.54 Å². The van der Waals surface area contributed by atoms with Crippen molar-refractivity contribution in [2.45, 2.75) is 45.6 Å². The average molecular weight is 268 g/mol. The first-order valence-electron chi connectivity index (χ1n) is 7.79. The molecule has 1 aliphatic carbocycles. The van der Waals surface area contributed by atoms with E-state index in [0.717, 1.165) is 18.5 Å². The number of rotatable bonds is 6. The minimum Gasteiger partial charge on any atom is -0.313 e. The van der Waals surface area contributed by atoms with E-state index in [1.54, 1.807) is 0 Å². The SMILES string of the molecule is CCCNC(Cc1ccc2ccccc2n1)C1(C)CC1. The Balaban J connectivity index is 1.79. The third-order valence-electron chi connectivity index (χ3n) is 4.59. The van der Waals surface area contributed by atoms with Gasteiger partial charge in [-0.3, -0.25) is 4.98 Å². The lowest BCUT2D eigenvalue weighted by Gasteiger charge is -2.24. The Bertz CT molecular complexity index is 587. The van der Waals surface area contributed by atoms with Crippen LogP contribution < -0.4 is 5.32 Å². The van der Waals surface area contributed by atoms with Crippen LogP contribution in [0.4, 0.5) is 0 Å². The number of nitrogens with one attached hydrogen (secondary N) is 1. The molecule has 0 aliphatic heterocycles. The summed E-state index contributed by atoms with van der Waals surface area (Å²) in [4.78, 5) is 4.82. The molecule has 0 saturated heterocycles. The number of benzene rings is 1. The van der Waals surface area contributed by atoms with Gasteiger partial charge in [-0.2, -0.15) is 0 Å². The van der Waals surface area contributed by atoms with Crippen molar-refractivity contribution in [3.8, 4) is 0 Å². The van der Waals surface area contributed by atoms with Gasteiger partial charge in [0.2, 0.25) is 0 Å². The lowest BCUT2D eigenvalue weighted by atomic mass is 9.94. The van der Waals surface area contributed by atoms with E-state index in [4.69, 9.17) is 4.98 Å². The minimum absolute atomic E-state index is 0.489. The third kappa shape index (κ3) is 2.85. The zero-order valence-electron chi connectivity index (χ0n) is 12.5. The molecule has 0 amide bonds. The summed E-state index contributed by atoms with van der Waals surface area (Å²) in [6.45, 7) is 5.74. The highest BCUT2D eigenvalue weighted by molar-refractivity contribution is 5.78. The molecule has 1 aromatic heterocycles. The molecular formula is C18H24N2. The Morgan fingerprint density at radius 1 is 1.20 bits per heavy atom. The lowest BCUT2D eigenvalue weighted by Crippen LogP contribution is -2.38. The molecule has 1 saturated carbocycles. The van der Waals surface area contributed by atoms with Crippen LogP contribution in [0.3, 0.4) is 0 Å². The highest BCUT2D eigenvalue weighted by Gasteiger charge is 2.44. The van der Waals surface area contributed by atoms with Crippen molar-refractivity contribution in [3.05, 3.63) is 42.1 Å². The van der Waals surface area contributed by atoms with Crippen molar-refractivity contribution in [1.82, 2.24) is 10.3 Å². The number of hydrogen-bond acceptors (Lipinski definition) is 2. The summed E-state index contributed by atoms with van der Waals surface area (Å²) >= 11 is 0. The smallest absolute Gasteiger partial charge is 0.0705 e. The maximum absolute atomic E-state index is 4.82. The fourth-order valence-electron chi connectivity index (χ4n) is 2.86. The predicted molar refractivity (Wildman–Crippen MR) is 84.9 cm³/mol. The van der Waals surface area contributed by atoms with Crippen LogP contribution in [0.25, 0.3) is 10.9 Å². The van der Waals surface area contributed by atoms with Crippen molar-refractivity contribution in [1.29, 1.82) is 0 Å². The van der Waals surface area contributed by atoms with Crippen LogP contribution in [0.2, 0.25) is 0 Å². The van der Waals surface area contributed by atoms with E-state index in [1.165, 1.54) is 30.3 Å². The normalized spacial score (nSPS) is 18.1. The number of aromatic nitrogens is 1. The first kappa shape index (κ1) is 13.6. The van der Waals surface area contributed by atoms with Gasteiger partial charge in [0.25, 0.3) is 0 Å². The van der Waals surface area contributed by atoms with Crippen molar-refractivity contribution in [3.63, 3.8) is 0 Å². The van der Waals surface area contributed by atoms with Gasteiger partial charge in [0.15, 0.2) is 0 Å². The average Bonchev–Trinajstić information content (AvgIpc) is 3.22. The topological polar surface area (TPSA) is 24.9 Å². The molecule has 1 atom stereocenters. The van der Waals surface area contributed by atoms with Crippen LogP contribution in [0, 0.1) is 5.41 Å². The zero-order chi connectivity index (χ0) is 14.0. The Kier molecular flexibility index (Phi) is 3.75. The zero-order valence-corrected chi connectivity index (χ0v) is 12.5. The molecule has 1 aliphatic rings. The summed E-state index contributed by atoms with van der Waals surface area (Å²) in [6, 6.07) is 13.3. The quantitative estimate of drug-likeness (QED) is 0.858.